The zero-order chi connectivity index (χ0) is 18.8. The van der Waals surface area contributed by atoms with Gasteiger partial charge in [-0.05, 0) is 38.0 Å². The second-order valence-electron chi connectivity index (χ2n) is 6.23. The number of hydrogen-bond donors (Lipinski definition) is 0. The van der Waals surface area contributed by atoms with Crippen LogP contribution < -0.4 is 4.90 Å². The summed E-state index contributed by atoms with van der Waals surface area (Å²) in [4.78, 5) is 36.9. The van der Waals surface area contributed by atoms with Crippen molar-refractivity contribution in [1.29, 1.82) is 0 Å². The van der Waals surface area contributed by atoms with E-state index in [0.717, 1.165) is 17.7 Å². The predicted molar refractivity (Wildman–Crippen MR) is 95.2 cm³/mol. The molecule has 134 valence electrons. The lowest BCUT2D eigenvalue weighted by molar-refractivity contribution is -0.385. The summed E-state index contributed by atoms with van der Waals surface area (Å²) >= 11 is 0. The van der Waals surface area contributed by atoms with Crippen molar-refractivity contribution in [3.8, 4) is 0 Å². The highest BCUT2D eigenvalue weighted by atomic mass is 16.6. The number of carbonyl (C=O) groups is 2. The first-order chi connectivity index (χ1) is 12.4. The summed E-state index contributed by atoms with van der Waals surface area (Å²) in [6.45, 7) is 3.00. The van der Waals surface area contributed by atoms with Crippen molar-refractivity contribution in [2.75, 3.05) is 11.5 Å². The quantitative estimate of drug-likeness (QED) is 0.478. The van der Waals surface area contributed by atoms with E-state index in [0.29, 0.717) is 0 Å². The summed E-state index contributed by atoms with van der Waals surface area (Å²) in [5, 5.41) is 11.0. The van der Waals surface area contributed by atoms with Crippen LogP contribution in [0.5, 0.6) is 0 Å². The van der Waals surface area contributed by atoms with Gasteiger partial charge in [-0.25, -0.2) is 4.79 Å². The number of anilines is 1. The Balaban J connectivity index is 1.72. The van der Waals surface area contributed by atoms with E-state index in [1.54, 1.807) is 4.90 Å². The van der Waals surface area contributed by atoms with Crippen LogP contribution in [0.25, 0.3) is 0 Å². The maximum Gasteiger partial charge on any atom is 0.339 e. The van der Waals surface area contributed by atoms with Crippen LogP contribution >= 0.6 is 0 Å². The normalized spacial score (nSPS) is 15.5. The monoisotopic (exact) mass is 354 g/mol. The molecule has 2 aromatic carbocycles. The summed E-state index contributed by atoms with van der Waals surface area (Å²) in [7, 11) is 0. The summed E-state index contributed by atoms with van der Waals surface area (Å²) in [5.41, 5.74) is 2.05. The molecule has 7 nitrogen and oxygen atoms in total. The van der Waals surface area contributed by atoms with E-state index in [9.17, 15) is 19.7 Å². The molecule has 1 atom stereocenters. The highest BCUT2D eigenvalue weighted by molar-refractivity contribution is 5.99. The van der Waals surface area contributed by atoms with Crippen molar-refractivity contribution in [2.45, 2.75) is 26.3 Å². The molecule has 0 fully saturated rings. The van der Waals surface area contributed by atoms with Gasteiger partial charge >= 0.3 is 5.97 Å². The van der Waals surface area contributed by atoms with Gasteiger partial charge in [-0.15, -0.1) is 0 Å². The molecule has 0 aliphatic carbocycles. The van der Waals surface area contributed by atoms with Gasteiger partial charge < -0.3 is 9.64 Å². The third-order valence-corrected chi connectivity index (χ3v) is 4.52. The van der Waals surface area contributed by atoms with Crippen LogP contribution in [0.15, 0.2) is 42.5 Å². The molecule has 0 unspecified atom stereocenters. The molecule has 3 rings (SSSR count). The third-order valence-electron chi connectivity index (χ3n) is 4.52. The van der Waals surface area contributed by atoms with Gasteiger partial charge in [0.2, 0.25) is 0 Å². The molecule has 1 heterocycles. The van der Waals surface area contributed by atoms with E-state index >= 15 is 0 Å². The molecule has 0 bridgehead atoms. The Morgan fingerprint density at radius 2 is 1.96 bits per heavy atom. The van der Waals surface area contributed by atoms with Gasteiger partial charge in [-0.1, -0.05) is 24.3 Å². The second kappa shape index (κ2) is 6.95. The minimum atomic E-state index is -0.750. The van der Waals surface area contributed by atoms with Crippen molar-refractivity contribution < 1.29 is 19.2 Å². The largest absolute Gasteiger partial charge is 0.452 e. The molecule has 26 heavy (non-hydrogen) atoms. The van der Waals surface area contributed by atoms with E-state index in [-0.39, 0.29) is 28.8 Å². The van der Waals surface area contributed by atoms with E-state index in [2.05, 4.69) is 0 Å². The van der Waals surface area contributed by atoms with Gasteiger partial charge in [-0.2, -0.15) is 0 Å². The number of para-hydroxylation sites is 1. The maximum absolute atomic E-state index is 12.6. The smallest absolute Gasteiger partial charge is 0.339 e. The fourth-order valence-electron chi connectivity index (χ4n) is 3.26. The van der Waals surface area contributed by atoms with Gasteiger partial charge in [-0.3, -0.25) is 14.9 Å². The highest BCUT2D eigenvalue weighted by Crippen LogP contribution is 2.31. The average molecular weight is 354 g/mol. The number of benzene rings is 2. The zero-order valence-corrected chi connectivity index (χ0v) is 14.5. The number of ether oxygens (including phenoxy) is 1. The SMILES string of the molecule is Cc1c(C(=O)OCC(=O)N2c3ccccc3C[C@H]2C)cccc1[N+](=O)[O-]. The van der Waals surface area contributed by atoms with Crippen LogP contribution in [0.1, 0.15) is 28.4 Å². The summed E-state index contributed by atoms with van der Waals surface area (Å²) in [6, 6.07) is 11.8. The van der Waals surface area contributed by atoms with Crippen LogP contribution in [0.3, 0.4) is 0 Å². The van der Waals surface area contributed by atoms with Crippen LogP contribution in [-0.2, 0) is 16.0 Å². The number of rotatable bonds is 4. The van der Waals surface area contributed by atoms with Crippen molar-refractivity contribution in [1.82, 2.24) is 0 Å². The van der Waals surface area contributed by atoms with Crippen LogP contribution in [0.2, 0.25) is 0 Å². The van der Waals surface area contributed by atoms with Crippen LogP contribution in [0.4, 0.5) is 11.4 Å². The number of fused-ring (bicyclic) bond motifs is 1. The first-order valence-corrected chi connectivity index (χ1v) is 8.21. The van der Waals surface area contributed by atoms with E-state index < -0.39 is 17.5 Å². The van der Waals surface area contributed by atoms with Crippen molar-refractivity contribution in [3.63, 3.8) is 0 Å². The molecule has 0 saturated heterocycles. The molecular weight excluding hydrogens is 336 g/mol. The lowest BCUT2D eigenvalue weighted by atomic mass is 10.1. The Bertz CT molecular complexity index is 893. The molecule has 1 aliphatic heterocycles. The molecule has 1 amide bonds. The second-order valence-corrected chi connectivity index (χ2v) is 6.23. The first kappa shape index (κ1) is 17.6. The number of esters is 1. The zero-order valence-electron chi connectivity index (χ0n) is 14.5. The fourth-order valence-corrected chi connectivity index (χ4v) is 3.26. The maximum atomic E-state index is 12.6. The predicted octanol–water partition coefficient (Wildman–Crippen LogP) is 3.04. The minimum absolute atomic E-state index is 0.0156. The van der Waals surface area contributed by atoms with E-state index in [1.807, 2.05) is 31.2 Å². The minimum Gasteiger partial charge on any atom is -0.452 e. The number of nitro groups is 1. The highest BCUT2D eigenvalue weighted by Gasteiger charge is 2.31. The molecule has 7 heteroatoms. The third kappa shape index (κ3) is 3.15. The first-order valence-electron chi connectivity index (χ1n) is 8.21. The van der Waals surface area contributed by atoms with Crippen molar-refractivity contribution >= 4 is 23.3 Å². The van der Waals surface area contributed by atoms with Crippen LogP contribution in [0, 0.1) is 17.0 Å². The summed E-state index contributed by atoms with van der Waals surface area (Å²) < 4.78 is 5.13. The number of nitrogens with zero attached hydrogens (tertiary/aromatic N) is 2. The molecular formula is C19H18N2O5. The topological polar surface area (TPSA) is 89.8 Å². The van der Waals surface area contributed by atoms with Gasteiger partial charge in [0, 0.05) is 23.4 Å². The standard InChI is InChI=1S/C19H18N2O5/c1-12-10-14-6-3-4-8-17(14)20(12)18(22)11-26-19(23)15-7-5-9-16(13(15)2)21(24)25/h3-9,12H,10-11H2,1-2H3/t12-/m1/s1. The number of hydrogen-bond acceptors (Lipinski definition) is 5. The number of amides is 1. The van der Waals surface area contributed by atoms with Gasteiger partial charge in [0.15, 0.2) is 6.61 Å². The number of carbonyl (C=O) groups excluding carboxylic acids is 2. The molecule has 1 aliphatic rings. The Kier molecular flexibility index (Phi) is 4.71. The molecule has 0 aromatic heterocycles. The van der Waals surface area contributed by atoms with Crippen molar-refractivity contribution in [3.05, 3.63) is 69.3 Å². The van der Waals surface area contributed by atoms with Crippen molar-refractivity contribution in [2.24, 2.45) is 0 Å². The lowest BCUT2D eigenvalue weighted by Crippen LogP contribution is -2.38. The lowest BCUT2D eigenvalue weighted by Gasteiger charge is -2.22. The van der Waals surface area contributed by atoms with E-state index in [1.165, 1.54) is 25.1 Å². The Labute approximate surface area is 150 Å². The van der Waals surface area contributed by atoms with Crippen LogP contribution in [-0.4, -0.2) is 29.4 Å². The summed E-state index contributed by atoms with van der Waals surface area (Å²) in [5.74, 6) is -1.07. The Morgan fingerprint density at radius 3 is 2.69 bits per heavy atom. The fraction of sp³-hybridized carbons (Fsp3) is 0.263. The molecule has 0 N–H and O–H groups in total. The van der Waals surface area contributed by atoms with E-state index in [4.69, 9.17) is 4.74 Å². The van der Waals surface area contributed by atoms with Gasteiger partial charge in [0.05, 0.1) is 10.5 Å². The van der Waals surface area contributed by atoms with Gasteiger partial charge in [0.1, 0.15) is 0 Å². The molecule has 0 radical (unpaired) electrons. The summed E-state index contributed by atoms with van der Waals surface area (Å²) in [6.07, 6.45) is 0.750. The average Bonchev–Trinajstić information content (AvgIpc) is 2.95. The number of nitro benzene ring substituents is 1. The molecule has 0 spiro atoms. The van der Waals surface area contributed by atoms with Gasteiger partial charge in [0.25, 0.3) is 11.6 Å². The molecule has 0 saturated carbocycles. The molecule has 2 aromatic rings. The Hall–Kier alpha value is -3.22. The Morgan fingerprint density at radius 1 is 1.23 bits per heavy atom.